The number of aliphatic hydroxyl groups excluding tert-OH is 1. The van der Waals surface area contributed by atoms with E-state index >= 15 is 0 Å². The monoisotopic (exact) mass is 228 g/mol. The van der Waals surface area contributed by atoms with Gasteiger partial charge in [-0.3, -0.25) is 0 Å². The molecule has 0 bridgehead atoms. The highest BCUT2D eigenvalue weighted by molar-refractivity contribution is 4.79. The summed E-state index contributed by atoms with van der Waals surface area (Å²) in [6, 6.07) is 1.25. The molecule has 1 saturated heterocycles. The highest BCUT2D eigenvalue weighted by Gasteiger charge is 2.19. The van der Waals surface area contributed by atoms with Crippen molar-refractivity contribution in [2.45, 2.75) is 58.0 Å². The molecule has 0 radical (unpaired) electrons. The SMILES string of the molecule is CCCN1CCC(NC(C)CCCO)CC1. The minimum atomic E-state index is 0.320. The molecule has 0 aliphatic carbocycles. The van der Waals surface area contributed by atoms with Crippen LogP contribution in [0, 0.1) is 0 Å². The molecule has 1 aliphatic rings. The largest absolute Gasteiger partial charge is 0.396 e. The molecule has 1 fully saturated rings. The molecule has 16 heavy (non-hydrogen) atoms. The van der Waals surface area contributed by atoms with E-state index in [1.807, 2.05) is 0 Å². The number of piperidine rings is 1. The summed E-state index contributed by atoms with van der Waals surface area (Å²) in [7, 11) is 0. The highest BCUT2D eigenvalue weighted by Crippen LogP contribution is 2.12. The maximum Gasteiger partial charge on any atom is 0.0431 e. The van der Waals surface area contributed by atoms with Gasteiger partial charge in [0.05, 0.1) is 0 Å². The van der Waals surface area contributed by atoms with Crippen LogP contribution in [0.2, 0.25) is 0 Å². The Labute approximate surface area is 100 Å². The van der Waals surface area contributed by atoms with Crippen LogP contribution >= 0.6 is 0 Å². The van der Waals surface area contributed by atoms with Gasteiger partial charge in [0, 0.05) is 18.7 Å². The Morgan fingerprint density at radius 3 is 2.62 bits per heavy atom. The molecule has 96 valence electrons. The Morgan fingerprint density at radius 1 is 1.38 bits per heavy atom. The Kier molecular flexibility index (Phi) is 7.01. The maximum absolute atomic E-state index is 8.78. The van der Waals surface area contributed by atoms with Crippen molar-refractivity contribution in [3.05, 3.63) is 0 Å². The maximum atomic E-state index is 8.78. The van der Waals surface area contributed by atoms with Crippen LogP contribution in [0.25, 0.3) is 0 Å². The first-order chi connectivity index (χ1) is 7.76. The number of likely N-dealkylation sites (tertiary alicyclic amines) is 1. The van der Waals surface area contributed by atoms with Crippen molar-refractivity contribution in [2.75, 3.05) is 26.2 Å². The summed E-state index contributed by atoms with van der Waals surface area (Å²) in [4.78, 5) is 2.57. The van der Waals surface area contributed by atoms with Gasteiger partial charge in [0.2, 0.25) is 0 Å². The third kappa shape index (κ3) is 5.28. The first kappa shape index (κ1) is 13.9. The Balaban J connectivity index is 2.11. The lowest BCUT2D eigenvalue weighted by Gasteiger charge is -2.33. The number of hydrogen-bond donors (Lipinski definition) is 2. The van der Waals surface area contributed by atoms with Gasteiger partial charge >= 0.3 is 0 Å². The van der Waals surface area contributed by atoms with Gasteiger partial charge < -0.3 is 15.3 Å². The predicted molar refractivity (Wildman–Crippen MR) is 68.7 cm³/mol. The van der Waals surface area contributed by atoms with E-state index in [0.29, 0.717) is 18.7 Å². The van der Waals surface area contributed by atoms with Crippen LogP contribution in [-0.4, -0.2) is 48.3 Å². The number of nitrogens with zero attached hydrogens (tertiary/aromatic N) is 1. The second kappa shape index (κ2) is 8.04. The summed E-state index contributed by atoms with van der Waals surface area (Å²) >= 11 is 0. The van der Waals surface area contributed by atoms with E-state index in [1.54, 1.807) is 0 Å². The summed E-state index contributed by atoms with van der Waals surface area (Å²) in [6.07, 6.45) is 5.84. The second-order valence-corrected chi connectivity index (χ2v) is 5.05. The molecule has 3 heteroatoms. The van der Waals surface area contributed by atoms with Crippen molar-refractivity contribution >= 4 is 0 Å². The van der Waals surface area contributed by atoms with Crippen LogP contribution in [0.15, 0.2) is 0 Å². The van der Waals surface area contributed by atoms with Crippen LogP contribution < -0.4 is 5.32 Å². The molecule has 0 aromatic rings. The number of nitrogens with one attached hydrogen (secondary N) is 1. The standard InChI is InChI=1S/C13H28N2O/c1-3-8-15-9-6-13(7-10-15)14-12(2)5-4-11-16/h12-14,16H,3-11H2,1-2H3. The normalized spacial score (nSPS) is 21.2. The molecule has 0 spiro atoms. The molecule has 1 aliphatic heterocycles. The van der Waals surface area contributed by atoms with Gasteiger partial charge in [-0.25, -0.2) is 0 Å². The molecule has 1 atom stereocenters. The number of aliphatic hydroxyl groups is 1. The highest BCUT2D eigenvalue weighted by atomic mass is 16.2. The van der Waals surface area contributed by atoms with Gasteiger partial charge in [-0.1, -0.05) is 6.92 Å². The van der Waals surface area contributed by atoms with Crippen LogP contribution in [0.1, 0.15) is 46.0 Å². The fourth-order valence-electron chi connectivity index (χ4n) is 2.52. The lowest BCUT2D eigenvalue weighted by atomic mass is 10.0. The average Bonchev–Trinajstić information content (AvgIpc) is 2.29. The van der Waals surface area contributed by atoms with Crippen LogP contribution in [0.5, 0.6) is 0 Å². The molecule has 2 N–H and O–H groups in total. The van der Waals surface area contributed by atoms with E-state index in [9.17, 15) is 0 Å². The van der Waals surface area contributed by atoms with Gasteiger partial charge in [-0.15, -0.1) is 0 Å². The Morgan fingerprint density at radius 2 is 2.06 bits per heavy atom. The van der Waals surface area contributed by atoms with Gasteiger partial charge in [0.25, 0.3) is 0 Å². The Hall–Kier alpha value is -0.120. The molecule has 0 saturated carbocycles. The summed E-state index contributed by atoms with van der Waals surface area (Å²) in [5.74, 6) is 0. The lowest BCUT2D eigenvalue weighted by molar-refractivity contribution is 0.189. The molecule has 3 nitrogen and oxygen atoms in total. The van der Waals surface area contributed by atoms with E-state index in [2.05, 4.69) is 24.1 Å². The van der Waals surface area contributed by atoms with Gasteiger partial charge in [0.15, 0.2) is 0 Å². The van der Waals surface area contributed by atoms with Crippen LogP contribution in [0.4, 0.5) is 0 Å². The molecule has 0 aromatic carbocycles. The Bertz CT molecular complexity index is 167. The summed E-state index contributed by atoms with van der Waals surface area (Å²) in [5.41, 5.74) is 0. The molecule has 1 heterocycles. The first-order valence-corrected chi connectivity index (χ1v) is 6.85. The molecular formula is C13H28N2O. The van der Waals surface area contributed by atoms with Crippen LogP contribution in [0.3, 0.4) is 0 Å². The van der Waals surface area contributed by atoms with E-state index in [4.69, 9.17) is 5.11 Å². The van der Waals surface area contributed by atoms with Crippen molar-refractivity contribution in [2.24, 2.45) is 0 Å². The molecular weight excluding hydrogens is 200 g/mol. The summed E-state index contributed by atoms with van der Waals surface area (Å²) in [5, 5.41) is 12.5. The zero-order chi connectivity index (χ0) is 11.8. The van der Waals surface area contributed by atoms with E-state index in [1.165, 1.54) is 38.9 Å². The van der Waals surface area contributed by atoms with E-state index in [0.717, 1.165) is 12.8 Å². The predicted octanol–water partition coefficient (Wildman–Crippen LogP) is 1.61. The first-order valence-electron chi connectivity index (χ1n) is 6.85. The van der Waals surface area contributed by atoms with Crippen molar-refractivity contribution in [1.82, 2.24) is 10.2 Å². The lowest BCUT2D eigenvalue weighted by Crippen LogP contribution is -2.45. The van der Waals surface area contributed by atoms with Crippen molar-refractivity contribution in [1.29, 1.82) is 0 Å². The molecule has 1 rings (SSSR count). The van der Waals surface area contributed by atoms with Gasteiger partial charge in [-0.2, -0.15) is 0 Å². The minimum absolute atomic E-state index is 0.320. The van der Waals surface area contributed by atoms with Crippen LogP contribution in [-0.2, 0) is 0 Å². The quantitative estimate of drug-likeness (QED) is 0.695. The average molecular weight is 228 g/mol. The zero-order valence-electron chi connectivity index (χ0n) is 10.9. The fourth-order valence-corrected chi connectivity index (χ4v) is 2.52. The molecule has 0 aromatic heterocycles. The number of rotatable bonds is 7. The smallest absolute Gasteiger partial charge is 0.0431 e. The third-order valence-corrected chi connectivity index (χ3v) is 3.44. The van der Waals surface area contributed by atoms with E-state index in [-0.39, 0.29) is 0 Å². The zero-order valence-corrected chi connectivity index (χ0v) is 10.9. The molecule has 1 unspecified atom stereocenters. The second-order valence-electron chi connectivity index (χ2n) is 5.05. The summed E-state index contributed by atoms with van der Waals surface area (Å²) < 4.78 is 0. The fraction of sp³-hybridized carbons (Fsp3) is 1.00. The van der Waals surface area contributed by atoms with E-state index < -0.39 is 0 Å². The van der Waals surface area contributed by atoms with Gasteiger partial charge in [0.1, 0.15) is 0 Å². The van der Waals surface area contributed by atoms with Crippen molar-refractivity contribution in [3.63, 3.8) is 0 Å². The molecule has 0 amide bonds. The topological polar surface area (TPSA) is 35.5 Å². The minimum Gasteiger partial charge on any atom is -0.396 e. The van der Waals surface area contributed by atoms with Crippen molar-refractivity contribution < 1.29 is 5.11 Å². The van der Waals surface area contributed by atoms with Crippen molar-refractivity contribution in [3.8, 4) is 0 Å². The number of hydrogen-bond acceptors (Lipinski definition) is 3. The third-order valence-electron chi connectivity index (χ3n) is 3.44. The summed E-state index contributed by atoms with van der Waals surface area (Å²) in [6.45, 7) is 8.56. The van der Waals surface area contributed by atoms with Gasteiger partial charge in [-0.05, 0) is 58.7 Å².